The molecule has 1 aliphatic rings. The minimum absolute atomic E-state index is 0.445. The molecule has 2 N–H and O–H groups in total. The minimum atomic E-state index is -1.30. The van der Waals surface area contributed by atoms with Crippen molar-refractivity contribution in [3.8, 4) is 5.75 Å². The van der Waals surface area contributed by atoms with Crippen LogP contribution in [0.1, 0.15) is 39.0 Å². The smallest absolute Gasteiger partial charge is 0.339 e. The molecule has 0 radical (unpaired) electrons. The van der Waals surface area contributed by atoms with Gasteiger partial charge in [0.1, 0.15) is 28.8 Å². The van der Waals surface area contributed by atoms with Crippen molar-refractivity contribution < 1.29 is 24.1 Å². The summed E-state index contributed by atoms with van der Waals surface area (Å²) in [7, 11) is 1.51. The van der Waals surface area contributed by atoms with Gasteiger partial charge in [-0.15, -0.1) is 0 Å². The van der Waals surface area contributed by atoms with Crippen molar-refractivity contribution in [3.05, 3.63) is 69.8 Å². The van der Waals surface area contributed by atoms with Gasteiger partial charge >= 0.3 is 5.63 Å². The molecule has 0 bridgehead atoms. The van der Waals surface area contributed by atoms with Gasteiger partial charge in [-0.1, -0.05) is 36.0 Å². The summed E-state index contributed by atoms with van der Waals surface area (Å²) in [5, 5.41) is 20.8. The van der Waals surface area contributed by atoms with E-state index >= 15 is 0 Å². The monoisotopic (exact) mass is 402 g/mol. The van der Waals surface area contributed by atoms with E-state index in [0.29, 0.717) is 11.5 Å². The fourth-order valence-corrected chi connectivity index (χ4v) is 3.38. The molecule has 6 heteroatoms. The Morgan fingerprint density at radius 2 is 1.90 bits per heavy atom. The average Bonchev–Trinajstić information content (AvgIpc) is 2.79. The largest absolute Gasteiger partial charge is 0.496 e. The van der Waals surface area contributed by atoms with Crippen LogP contribution in [0.25, 0.3) is 6.08 Å². The molecule has 1 aromatic heterocycles. The molecular weight excluding hydrogens is 372 g/mol. The highest BCUT2D eigenvalue weighted by Crippen LogP contribution is 2.39. The molecular formula is C23H30O6. The standard InChI is InChI=1S/C23H30O6/c1-15(14-22(4)21(25)23(5,26)17(3)29-22)11-9-7-8-10-12-18-16(2)19(27-6)13-20(24)28-18/h7-14,17,21,25-26H,1-6H3/b8-7+,11-9+,12-10-,15-14+/t17-,21+,22-,23+/m1/s1. The molecule has 1 saturated heterocycles. The lowest BCUT2D eigenvalue weighted by molar-refractivity contribution is -0.0579. The van der Waals surface area contributed by atoms with Gasteiger partial charge in [0.15, 0.2) is 0 Å². The third-order valence-corrected chi connectivity index (χ3v) is 5.22. The summed E-state index contributed by atoms with van der Waals surface area (Å²) < 4.78 is 16.1. The van der Waals surface area contributed by atoms with Crippen molar-refractivity contribution in [2.75, 3.05) is 7.11 Å². The lowest BCUT2D eigenvalue weighted by Gasteiger charge is -2.28. The van der Waals surface area contributed by atoms with Crippen LogP contribution in [0.4, 0.5) is 0 Å². The van der Waals surface area contributed by atoms with E-state index in [9.17, 15) is 15.0 Å². The van der Waals surface area contributed by atoms with Crippen molar-refractivity contribution in [3.63, 3.8) is 0 Å². The van der Waals surface area contributed by atoms with Gasteiger partial charge in [0.25, 0.3) is 0 Å². The second-order valence-electron chi connectivity index (χ2n) is 7.69. The third-order valence-electron chi connectivity index (χ3n) is 5.22. The van der Waals surface area contributed by atoms with E-state index in [4.69, 9.17) is 13.9 Å². The predicted octanol–water partition coefficient (Wildman–Crippen LogP) is 3.32. The molecule has 2 rings (SSSR count). The van der Waals surface area contributed by atoms with Gasteiger partial charge in [-0.2, -0.15) is 0 Å². The molecule has 158 valence electrons. The summed E-state index contributed by atoms with van der Waals surface area (Å²) in [6, 6.07) is 1.31. The van der Waals surface area contributed by atoms with Crippen LogP contribution in [0.15, 0.2) is 57.3 Å². The molecule has 0 aromatic carbocycles. The molecule has 0 unspecified atom stereocenters. The number of hydrogen-bond donors (Lipinski definition) is 2. The number of methoxy groups -OCH3 is 1. The number of hydrogen-bond acceptors (Lipinski definition) is 6. The van der Waals surface area contributed by atoms with E-state index in [-0.39, 0.29) is 0 Å². The van der Waals surface area contributed by atoms with Crippen LogP contribution in [-0.2, 0) is 4.74 Å². The molecule has 1 fully saturated rings. The van der Waals surface area contributed by atoms with Crippen molar-refractivity contribution in [2.45, 2.75) is 58.0 Å². The van der Waals surface area contributed by atoms with Crippen molar-refractivity contribution in [2.24, 2.45) is 0 Å². The van der Waals surface area contributed by atoms with Crippen LogP contribution in [0.5, 0.6) is 5.75 Å². The lowest BCUT2D eigenvalue weighted by atomic mass is 9.86. The van der Waals surface area contributed by atoms with Crippen molar-refractivity contribution in [1.82, 2.24) is 0 Å². The Morgan fingerprint density at radius 3 is 2.48 bits per heavy atom. The highest BCUT2D eigenvalue weighted by Gasteiger charge is 2.55. The van der Waals surface area contributed by atoms with Crippen LogP contribution >= 0.6 is 0 Å². The second kappa shape index (κ2) is 8.95. The highest BCUT2D eigenvalue weighted by molar-refractivity contribution is 5.52. The fourth-order valence-electron chi connectivity index (χ4n) is 3.38. The molecule has 0 amide bonds. The van der Waals surface area contributed by atoms with Gasteiger partial charge in [0, 0.05) is 5.56 Å². The van der Waals surface area contributed by atoms with Crippen LogP contribution in [0, 0.1) is 6.92 Å². The zero-order valence-corrected chi connectivity index (χ0v) is 17.8. The SMILES string of the molecule is COc1cc(=O)oc(\C=C/C=C/C=C/C(C)=C/[C@@]2(C)O[C@H](C)[C@](C)(O)[C@H]2O)c1C. The van der Waals surface area contributed by atoms with Crippen LogP contribution in [0.3, 0.4) is 0 Å². The van der Waals surface area contributed by atoms with Gasteiger partial charge < -0.3 is 24.1 Å². The van der Waals surface area contributed by atoms with Crippen LogP contribution < -0.4 is 10.4 Å². The van der Waals surface area contributed by atoms with E-state index in [1.165, 1.54) is 13.2 Å². The second-order valence-corrected chi connectivity index (χ2v) is 7.69. The normalized spacial score (nSPS) is 30.8. The maximum atomic E-state index is 11.5. The zero-order valence-electron chi connectivity index (χ0n) is 17.8. The van der Waals surface area contributed by atoms with E-state index < -0.39 is 29.0 Å². The summed E-state index contributed by atoms with van der Waals surface area (Å²) in [5.74, 6) is 0.934. The van der Waals surface area contributed by atoms with E-state index in [1.54, 1.807) is 39.0 Å². The molecule has 1 aromatic rings. The molecule has 29 heavy (non-hydrogen) atoms. The number of allylic oxidation sites excluding steroid dienone is 6. The summed E-state index contributed by atoms with van der Waals surface area (Å²) >= 11 is 0. The first-order valence-corrected chi connectivity index (χ1v) is 9.49. The van der Waals surface area contributed by atoms with Gasteiger partial charge in [-0.05, 0) is 46.8 Å². The molecule has 0 saturated carbocycles. The highest BCUT2D eigenvalue weighted by atomic mass is 16.6. The first-order valence-electron chi connectivity index (χ1n) is 9.49. The molecule has 0 aliphatic carbocycles. The number of aliphatic hydroxyl groups is 2. The van der Waals surface area contributed by atoms with Gasteiger partial charge in [-0.25, -0.2) is 4.79 Å². The van der Waals surface area contributed by atoms with Gasteiger partial charge in [0.05, 0.1) is 19.3 Å². The Labute approximate surface area is 171 Å². The average molecular weight is 402 g/mol. The maximum absolute atomic E-state index is 11.5. The van der Waals surface area contributed by atoms with Crippen molar-refractivity contribution in [1.29, 1.82) is 0 Å². The fraction of sp³-hybridized carbons (Fsp3) is 0.435. The first-order chi connectivity index (χ1) is 13.5. The summed E-state index contributed by atoms with van der Waals surface area (Å²) in [5.41, 5.74) is -1.08. The summed E-state index contributed by atoms with van der Waals surface area (Å²) in [4.78, 5) is 11.5. The quantitative estimate of drug-likeness (QED) is 0.710. The zero-order chi connectivity index (χ0) is 21.8. The molecule has 4 atom stereocenters. The number of rotatable bonds is 6. The first kappa shape index (κ1) is 22.9. The minimum Gasteiger partial charge on any atom is -0.496 e. The molecule has 2 heterocycles. The van der Waals surface area contributed by atoms with Gasteiger partial charge in [0.2, 0.25) is 0 Å². The predicted molar refractivity (Wildman–Crippen MR) is 113 cm³/mol. The van der Waals surface area contributed by atoms with E-state index in [0.717, 1.165) is 11.1 Å². The van der Waals surface area contributed by atoms with E-state index in [2.05, 4.69) is 0 Å². The van der Waals surface area contributed by atoms with Crippen molar-refractivity contribution >= 4 is 6.08 Å². The van der Waals surface area contributed by atoms with Crippen LogP contribution in [-0.4, -0.2) is 40.7 Å². The molecule has 6 nitrogen and oxygen atoms in total. The molecule has 1 aliphatic heterocycles. The Hall–Kier alpha value is -2.41. The Morgan fingerprint density at radius 1 is 1.24 bits per heavy atom. The lowest BCUT2D eigenvalue weighted by Crippen LogP contribution is -2.47. The topological polar surface area (TPSA) is 89.1 Å². The Bertz CT molecular complexity index is 902. The summed E-state index contributed by atoms with van der Waals surface area (Å²) in [6.07, 6.45) is 11.1. The summed E-state index contributed by atoms with van der Waals surface area (Å²) in [6.45, 7) is 8.79. The van der Waals surface area contributed by atoms with Gasteiger partial charge in [-0.3, -0.25) is 0 Å². The third kappa shape index (κ3) is 5.15. The number of ether oxygens (including phenoxy) is 2. The molecule has 0 spiro atoms. The Balaban J connectivity index is 2.04. The van der Waals surface area contributed by atoms with Crippen LogP contribution in [0.2, 0.25) is 0 Å². The maximum Gasteiger partial charge on any atom is 0.339 e. The van der Waals surface area contributed by atoms with E-state index in [1.807, 2.05) is 38.2 Å². The number of aliphatic hydroxyl groups excluding tert-OH is 1. The Kier molecular flexibility index (Phi) is 7.06.